The lowest BCUT2D eigenvalue weighted by Crippen LogP contribution is -2.49. The molecule has 0 radical (unpaired) electrons. The largest absolute Gasteiger partial charge is 0.411 e. The summed E-state index contributed by atoms with van der Waals surface area (Å²) in [6.07, 6.45) is 6.25. The highest BCUT2D eigenvalue weighted by Gasteiger charge is 2.58. The Kier molecular flexibility index (Phi) is 3.33. The Balaban J connectivity index is 1.85. The summed E-state index contributed by atoms with van der Waals surface area (Å²) in [6, 6.07) is 10.5. The van der Waals surface area contributed by atoms with E-state index < -0.39 is 5.60 Å². The van der Waals surface area contributed by atoms with Crippen LogP contribution in [0, 0.1) is 11.3 Å². The number of benzene rings is 1. The average Bonchev–Trinajstić information content (AvgIpc) is 2.72. The molecule has 4 atom stereocenters. The molecule has 2 aliphatic rings. The molecule has 3 heteroatoms. The van der Waals surface area contributed by atoms with E-state index in [4.69, 9.17) is 5.21 Å². The highest BCUT2D eigenvalue weighted by atomic mass is 16.4. The molecule has 1 aromatic rings. The molecule has 0 bridgehead atoms. The first-order chi connectivity index (χ1) is 9.59. The van der Waals surface area contributed by atoms with E-state index in [9.17, 15) is 5.11 Å². The van der Waals surface area contributed by atoms with Crippen molar-refractivity contribution in [2.24, 2.45) is 16.5 Å². The van der Waals surface area contributed by atoms with Crippen molar-refractivity contribution in [2.75, 3.05) is 0 Å². The predicted molar refractivity (Wildman–Crippen MR) is 79.1 cm³/mol. The van der Waals surface area contributed by atoms with Crippen molar-refractivity contribution in [3.8, 4) is 0 Å². The highest BCUT2D eigenvalue weighted by Crippen LogP contribution is 2.60. The zero-order valence-corrected chi connectivity index (χ0v) is 12.0. The van der Waals surface area contributed by atoms with Crippen LogP contribution in [0.1, 0.15) is 50.5 Å². The molecule has 0 amide bonds. The van der Waals surface area contributed by atoms with Crippen LogP contribution in [0.3, 0.4) is 0 Å². The molecule has 1 aromatic carbocycles. The first-order valence-corrected chi connectivity index (χ1v) is 7.54. The van der Waals surface area contributed by atoms with Crippen LogP contribution >= 0.6 is 0 Å². The molecule has 0 saturated heterocycles. The fourth-order valence-corrected chi connectivity index (χ4v) is 4.41. The van der Waals surface area contributed by atoms with Crippen molar-refractivity contribution in [2.45, 2.75) is 50.5 Å². The number of oxime groups is 1. The number of nitrogens with zero attached hydrogens (tertiary/aromatic N) is 1. The van der Waals surface area contributed by atoms with E-state index >= 15 is 0 Å². The molecule has 0 unspecified atom stereocenters. The van der Waals surface area contributed by atoms with E-state index in [0.717, 1.165) is 32.1 Å². The zero-order chi connectivity index (χ0) is 14.2. The Morgan fingerprint density at radius 3 is 2.65 bits per heavy atom. The Morgan fingerprint density at radius 2 is 1.95 bits per heavy atom. The first kappa shape index (κ1) is 13.6. The van der Waals surface area contributed by atoms with E-state index in [1.54, 1.807) is 6.21 Å². The summed E-state index contributed by atoms with van der Waals surface area (Å²) in [6.45, 7) is 2.16. The smallest absolute Gasteiger partial charge is 0.0713 e. The molecule has 0 aliphatic heterocycles. The molecule has 3 rings (SSSR count). The summed E-state index contributed by atoms with van der Waals surface area (Å²) in [4.78, 5) is 0. The lowest BCUT2D eigenvalue weighted by atomic mass is 9.59. The summed E-state index contributed by atoms with van der Waals surface area (Å²) >= 11 is 0. The van der Waals surface area contributed by atoms with Crippen molar-refractivity contribution in [1.29, 1.82) is 0 Å². The predicted octanol–water partition coefficient (Wildman–Crippen LogP) is 3.56. The van der Waals surface area contributed by atoms with Gasteiger partial charge in [-0.25, -0.2) is 0 Å². The van der Waals surface area contributed by atoms with Crippen molar-refractivity contribution < 1.29 is 10.3 Å². The number of aliphatic hydroxyl groups is 1. The molecule has 108 valence electrons. The van der Waals surface area contributed by atoms with Crippen molar-refractivity contribution in [1.82, 2.24) is 0 Å². The Bertz CT molecular complexity index is 501. The Morgan fingerprint density at radius 1 is 1.20 bits per heavy atom. The van der Waals surface area contributed by atoms with Gasteiger partial charge in [0.2, 0.25) is 0 Å². The second-order valence-electron chi connectivity index (χ2n) is 6.71. The molecule has 0 spiro atoms. The summed E-state index contributed by atoms with van der Waals surface area (Å²) in [5, 5.41) is 23.2. The lowest BCUT2D eigenvalue weighted by molar-refractivity contribution is -0.0958. The van der Waals surface area contributed by atoms with Crippen LogP contribution < -0.4 is 0 Å². The second-order valence-corrected chi connectivity index (χ2v) is 6.71. The quantitative estimate of drug-likeness (QED) is 0.492. The molecule has 2 aliphatic carbocycles. The molecule has 2 N–H and O–H groups in total. The SMILES string of the molecule is C[C@]12CC[C@H](c3ccccc3)C[C@@]1(O)CC[C@@H]2/C=N/O. The van der Waals surface area contributed by atoms with Gasteiger partial charge in [0.1, 0.15) is 0 Å². The van der Waals surface area contributed by atoms with Crippen molar-refractivity contribution in [3.63, 3.8) is 0 Å². The van der Waals surface area contributed by atoms with E-state index in [1.807, 2.05) is 6.07 Å². The molecule has 0 heterocycles. The van der Waals surface area contributed by atoms with Gasteiger partial charge in [0, 0.05) is 17.5 Å². The van der Waals surface area contributed by atoms with E-state index in [2.05, 4.69) is 36.3 Å². The molecule has 2 saturated carbocycles. The number of rotatable bonds is 2. The monoisotopic (exact) mass is 273 g/mol. The van der Waals surface area contributed by atoms with Crippen LogP contribution in [-0.4, -0.2) is 22.1 Å². The summed E-state index contributed by atoms with van der Waals surface area (Å²) in [7, 11) is 0. The average molecular weight is 273 g/mol. The third-order valence-corrected chi connectivity index (χ3v) is 5.86. The van der Waals surface area contributed by atoms with E-state index in [-0.39, 0.29) is 11.3 Å². The van der Waals surface area contributed by atoms with Gasteiger partial charge in [-0.15, -0.1) is 5.16 Å². The van der Waals surface area contributed by atoms with Gasteiger partial charge in [0.05, 0.1) is 5.60 Å². The van der Waals surface area contributed by atoms with Gasteiger partial charge >= 0.3 is 0 Å². The van der Waals surface area contributed by atoms with Gasteiger partial charge in [-0.1, -0.05) is 37.3 Å². The molecule has 0 aromatic heterocycles. The summed E-state index contributed by atoms with van der Waals surface area (Å²) < 4.78 is 0. The van der Waals surface area contributed by atoms with Crippen molar-refractivity contribution in [3.05, 3.63) is 35.9 Å². The van der Waals surface area contributed by atoms with Gasteiger partial charge in [0.15, 0.2) is 0 Å². The zero-order valence-electron chi connectivity index (χ0n) is 12.0. The standard InChI is InChI=1S/C17H23NO2/c1-16-9-7-14(13-5-3-2-4-6-13)11-17(16,19)10-8-15(16)12-18-20/h2-6,12,14-15,19-20H,7-11H2,1H3/b18-12+/t14-,15+,16+,17-/m0/s1. The van der Waals surface area contributed by atoms with E-state index in [1.165, 1.54) is 5.56 Å². The van der Waals surface area contributed by atoms with E-state index in [0.29, 0.717) is 5.92 Å². The van der Waals surface area contributed by atoms with Crippen LogP contribution in [0.25, 0.3) is 0 Å². The van der Waals surface area contributed by atoms with Crippen LogP contribution in [0.2, 0.25) is 0 Å². The lowest BCUT2D eigenvalue weighted by Gasteiger charge is -2.48. The molecule has 20 heavy (non-hydrogen) atoms. The van der Waals surface area contributed by atoms with Gasteiger partial charge in [-0.3, -0.25) is 0 Å². The third-order valence-electron chi connectivity index (χ3n) is 5.86. The third kappa shape index (κ3) is 1.96. The van der Waals surface area contributed by atoms with Crippen LogP contribution in [-0.2, 0) is 0 Å². The molecule has 3 nitrogen and oxygen atoms in total. The minimum absolute atomic E-state index is 0.148. The van der Waals surface area contributed by atoms with Crippen molar-refractivity contribution >= 4 is 6.21 Å². The topological polar surface area (TPSA) is 52.8 Å². The van der Waals surface area contributed by atoms with Crippen LogP contribution in [0.15, 0.2) is 35.5 Å². The van der Waals surface area contributed by atoms with Gasteiger partial charge in [-0.2, -0.15) is 0 Å². The van der Waals surface area contributed by atoms with Gasteiger partial charge < -0.3 is 10.3 Å². The van der Waals surface area contributed by atoms with Gasteiger partial charge in [-0.05, 0) is 43.6 Å². The maximum absolute atomic E-state index is 11.2. The number of hydrogen-bond donors (Lipinski definition) is 2. The maximum atomic E-state index is 11.2. The van der Waals surface area contributed by atoms with Gasteiger partial charge in [0.25, 0.3) is 0 Å². The molecular formula is C17H23NO2. The number of fused-ring (bicyclic) bond motifs is 1. The maximum Gasteiger partial charge on any atom is 0.0713 e. The summed E-state index contributed by atoms with van der Waals surface area (Å²) in [5.74, 6) is 0.633. The minimum atomic E-state index is -0.627. The van der Waals surface area contributed by atoms with Crippen LogP contribution in [0.4, 0.5) is 0 Å². The van der Waals surface area contributed by atoms with Crippen LogP contribution in [0.5, 0.6) is 0 Å². The number of hydrogen-bond acceptors (Lipinski definition) is 3. The first-order valence-electron chi connectivity index (χ1n) is 7.54. The second kappa shape index (κ2) is 4.88. The Labute approximate surface area is 120 Å². The highest BCUT2D eigenvalue weighted by molar-refractivity contribution is 5.62. The fraction of sp³-hybridized carbons (Fsp3) is 0.588. The molecular weight excluding hydrogens is 250 g/mol. The fourth-order valence-electron chi connectivity index (χ4n) is 4.41. The Hall–Kier alpha value is -1.35. The minimum Gasteiger partial charge on any atom is -0.411 e. The molecule has 2 fully saturated rings. The summed E-state index contributed by atoms with van der Waals surface area (Å²) in [5.41, 5.74) is 0.560. The normalized spacial score (nSPS) is 40.9.